The maximum atomic E-state index is 5.72. The molecule has 0 aromatic heterocycles. The first kappa shape index (κ1) is 35.8. The van der Waals surface area contributed by atoms with Crippen molar-refractivity contribution in [3.05, 3.63) is 203 Å². The Labute approximate surface area is 332 Å². The van der Waals surface area contributed by atoms with E-state index in [9.17, 15) is 0 Å². The Morgan fingerprint density at radius 3 is 1.84 bits per heavy atom. The van der Waals surface area contributed by atoms with Gasteiger partial charge < -0.3 is 14.5 Å². The maximum Gasteiger partial charge on any atom is 0.0642 e. The van der Waals surface area contributed by atoms with E-state index < -0.39 is 0 Å². The molecule has 9 rings (SSSR count). The van der Waals surface area contributed by atoms with Crippen LogP contribution in [0.25, 0.3) is 28.9 Å². The lowest BCUT2D eigenvalue weighted by Gasteiger charge is -2.37. The van der Waals surface area contributed by atoms with Gasteiger partial charge in [-0.3, -0.25) is 0 Å². The van der Waals surface area contributed by atoms with Crippen molar-refractivity contribution in [1.29, 1.82) is 0 Å². The topological polar surface area (TPSA) is 15.7 Å². The first-order valence-corrected chi connectivity index (χ1v) is 20.4. The summed E-state index contributed by atoms with van der Waals surface area (Å²) in [7, 11) is 0. The molecule has 0 N–H and O–H groups in total. The summed E-state index contributed by atoms with van der Waals surface area (Å²) in [6.45, 7) is 8.18. The van der Waals surface area contributed by atoms with Crippen molar-refractivity contribution in [2.75, 3.05) is 31.2 Å². The van der Waals surface area contributed by atoms with Crippen LogP contribution in [0, 0.1) is 0 Å². The lowest BCUT2D eigenvalue weighted by Crippen LogP contribution is -2.37. The molecule has 0 amide bonds. The Balaban J connectivity index is 0.980. The van der Waals surface area contributed by atoms with Gasteiger partial charge in [0.2, 0.25) is 0 Å². The van der Waals surface area contributed by atoms with E-state index in [-0.39, 0.29) is 5.41 Å². The SMILES string of the molecule is CCC1(CC)c2cc(/C=C/c3ccc(C4=CCC(c5ccccc5)C(N5CCOCC5)=C4)cc3)ccc2-c2ccc(N(c3ccccc3)c3ccccc3)cc21. The zero-order valence-corrected chi connectivity index (χ0v) is 32.6. The molecule has 1 unspecified atom stereocenters. The van der Waals surface area contributed by atoms with Gasteiger partial charge in [0.05, 0.1) is 13.2 Å². The molecule has 6 aromatic rings. The fourth-order valence-electron chi connectivity index (χ4n) is 9.35. The normalized spacial score (nSPS) is 17.2. The summed E-state index contributed by atoms with van der Waals surface area (Å²) in [4.78, 5) is 4.92. The Morgan fingerprint density at radius 2 is 1.20 bits per heavy atom. The molecule has 1 atom stereocenters. The number of nitrogens with zero attached hydrogens (tertiary/aromatic N) is 2. The number of ether oxygens (including phenoxy) is 1. The minimum absolute atomic E-state index is 0.0496. The van der Waals surface area contributed by atoms with Gasteiger partial charge in [0, 0.05) is 47.2 Å². The summed E-state index contributed by atoms with van der Waals surface area (Å²) in [5.41, 5.74) is 16.9. The number of allylic oxidation sites excluding steroid dienone is 4. The zero-order chi connectivity index (χ0) is 37.9. The summed E-state index contributed by atoms with van der Waals surface area (Å²) >= 11 is 0. The van der Waals surface area contributed by atoms with Gasteiger partial charge in [0.1, 0.15) is 0 Å². The molecule has 0 bridgehead atoms. The average molecular weight is 731 g/mol. The minimum Gasteiger partial charge on any atom is -0.378 e. The molecule has 0 saturated carbocycles. The molecule has 3 aliphatic rings. The minimum atomic E-state index is -0.0496. The summed E-state index contributed by atoms with van der Waals surface area (Å²) in [5, 5.41) is 0. The van der Waals surface area contributed by atoms with Crippen LogP contribution < -0.4 is 4.90 Å². The molecular formula is C53H50N2O. The van der Waals surface area contributed by atoms with E-state index >= 15 is 0 Å². The summed E-state index contributed by atoms with van der Waals surface area (Å²) in [6.07, 6.45) is 12.5. The van der Waals surface area contributed by atoms with E-state index in [2.05, 4.69) is 200 Å². The van der Waals surface area contributed by atoms with Crippen molar-refractivity contribution in [2.24, 2.45) is 0 Å². The number of para-hydroxylation sites is 2. The van der Waals surface area contributed by atoms with Crippen LogP contribution in [0.3, 0.4) is 0 Å². The molecule has 1 fully saturated rings. The third-order valence-electron chi connectivity index (χ3n) is 12.4. The second kappa shape index (κ2) is 15.7. The van der Waals surface area contributed by atoms with Crippen LogP contribution in [-0.2, 0) is 10.2 Å². The van der Waals surface area contributed by atoms with Crippen LogP contribution in [-0.4, -0.2) is 31.2 Å². The van der Waals surface area contributed by atoms with E-state index in [1.54, 1.807) is 0 Å². The molecule has 278 valence electrons. The highest BCUT2D eigenvalue weighted by molar-refractivity contribution is 5.87. The number of hydrogen-bond donors (Lipinski definition) is 0. The smallest absolute Gasteiger partial charge is 0.0642 e. The van der Waals surface area contributed by atoms with Crippen molar-refractivity contribution < 1.29 is 4.74 Å². The van der Waals surface area contributed by atoms with Gasteiger partial charge in [-0.05, 0) is 112 Å². The van der Waals surface area contributed by atoms with E-state index in [0.29, 0.717) is 5.92 Å². The van der Waals surface area contributed by atoms with Gasteiger partial charge in [0.25, 0.3) is 0 Å². The number of rotatable bonds is 10. The number of hydrogen-bond acceptors (Lipinski definition) is 3. The summed E-state index contributed by atoms with van der Waals surface area (Å²) < 4.78 is 5.72. The largest absolute Gasteiger partial charge is 0.378 e. The first-order valence-electron chi connectivity index (χ1n) is 20.4. The second-order valence-electron chi connectivity index (χ2n) is 15.3. The van der Waals surface area contributed by atoms with Crippen LogP contribution in [0.1, 0.15) is 72.4 Å². The predicted molar refractivity (Wildman–Crippen MR) is 236 cm³/mol. The molecule has 0 radical (unpaired) electrons. The van der Waals surface area contributed by atoms with Crippen molar-refractivity contribution >= 4 is 34.8 Å². The first-order chi connectivity index (χ1) is 27.6. The molecule has 3 nitrogen and oxygen atoms in total. The van der Waals surface area contributed by atoms with E-state index in [4.69, 9.17) is 4.74 Å². The van der Waals surface area contributed by atoms with E-state index in [1.165, 1.54) is 61.5 Å². The van der Waals surface area contributed by atoms with Crippen molar-refractivity contribution in [1.82, 2.24) is 4.90 Å². The highest BCUT2D eigenvalue weighted by Gasteiger charge is 2.41. The zero-order valence-electron chi connectivity index (χ0n) is 32.6. The van der Waals surface area contributed by atoms with E-state index in [1.807, 2.05) is 0 Å². The fraction of sp³-hybridized carbons (Fsp3) is 0.208. The van der Waals surface area contributed by atoms with Gasteiger partial charge in [-0.25, -0.2) is 0 Å². The molecule has 0 spiro atoms. The Hall–Kier alpha value is -5.90. The highest BCUT2D eigenvalue weighted by atomic mass is 16.5. The number of benzene rings is 6. The Morgan fingerprint density at radius 1 is 0.625 bits per heavy atom. The van der Waals surface area contributed by atoms with Crippen molar-refractivity contribution in [2.45, 2.75) is 44.4 Å². The van der Waals surface area contributed by atoms with E-state index in [0.717, 1.165) is 56.9 Å². The maximum absolute atomic E-state index is 5.72. The van der Waals surface area contributed by atoms with Crippen LogP contribution in [0.4, 0.5) is 17.1 Å². The van der Waals surface area contributed by atoms with Crippen LogP contribution in [0.5, 0.6) is 0 Å². The second-order valence-corrected chi connectivity index (χ2v) is 15.3. The monoisotopic (exact) mass is 730 g/mol. The number of morpholine rings is 1. The summed E-state index contributed by atoms with van der Waals surface area (Å²) in [5.74, 6) is 0.375. The lowest BCUT2D eigenvalue weighted by atomic mass is 9.73. The van der Waals surface area contributed by atoms with Gasteiger partial charge >= 0.3 is 0 Å². The Bertz CT molecular complexity index is 2340. The lowest BCUT2D eigenvalue weighted by molar-refractivity contribution is 0.0507. The summed E-state index contributed by atoms with van der Waals surface area (Å²) in [6, 6.07) is 55.7. The number of fused-ring (bicyclic) bond motifs is 3. The molecule has 3 heteroatoms. The molecule has 2 aliphatic carbocycles. The third kappa shape index (κ3) is 6.71. The standard InChI is InChI=1S/C53H50N2O/c1-3-53(4-2)50-36-40(24-29-48(50)49-31-28-46(38-51(49)53)55(44-16-10-6-11-17-44)45-18-12-7-13-19-45)21-20-39-22-25-41(26-23-39)43-27-30-47(42-14-8-5-9-15-42)52(37-43)54-32-34-56-35-33-54/h5-29,31,36-38,47H,3-4,30,32-35H2,1-2H3/b21-20+. The van der Waals surface area contributed by atoms with Crippen molar-refractivity contribution in [3.63, 3.8) is 0 Å². The highest BCUT2D eigenvalue weighted by Crippen LogP contribution is 2.54. The van der Waals surface area contributed by atoms with Crippen LogP contribution >= 0.6 is 0 Å². The fourth-order valence-corrected chi connectivity index (χ4v) is 9.35. The van der Waals surface area contributed by atoms with Crippen LogP contribution in [0.15, 0.2) is 170 Å². The Kier molecular flexibility index (Phi) is 10.0. The van der Waals surface area contributed by atoms with Crippen LogP contribution in [0.2, 0.25) is 0 Å². The predicted octanol–water partition coefficient (Wildman–Crippen LogP) is 13.2. The molecule has 1 saturated heterocycles. The quantitative estimate of drug-likeness (QED) is 0.131. The van der Waals surface area contributed by atoms with Gasteiger partial charge in [-0.1, -0.05) is 147 Å². The molecular weight excluding hydrogens is 681 g/mol. The van der Waals surface area contributed by atoms with Gasteiger partial charge in [0.15, 0.2) is 0 Å². The van der Waals surface area contributed by atoms with Gasteiger partial charge in [-0.15, -0.1) is 0 Å². The van der Waals surface area contributed by atoms with Crippen molar-refractivity contribution in [3.8, 4) is 11.1 Å². The molecule has 6 aromatic carbocycles. The van der Waals surface area contributed by atoms with Gasteiger partial charge in [-0.2, -0.15) is 0 Å². The third-order valence-corrected chi connectivity index (χ3v) is 12.4. The average Bonchev–Trinajstić information content (AvgIpc) is 3.55. The molecule has 56 heavy (non-hydrogen) atoms. The number of anilines is 3. The molecule has 1 heterocycles. The molecule has 1 aliphatic heterocycles.